The minimum atomic E-state index is -0.768. The number of carbonyl (C=O) groups is 3. The molecule has 1 rings (SSSR count). The van der Waals surface area contributed by atoms with Crippen molar-refractivity contribution in [2.75, 3.05) is 19.7 Å². The molecule has 0 bridgehead atoms. The zero-order chi connectivity index (χ0) is 21.7. The molecule has 29 heavy (non-hydrogen) atoms. The van der Waals surface area contributed by atoms with E-state index >= 15 is 0 Å². The summed E-state index contributed by atoms with van der Waals surface area (Å²) in [6.45, 7) is 8.94. The van der Waals surface area contributed by atoms with Crippen molar-refractivity contribution in [3.8, 4) is 0 Å². The van der Waals surface area contributed by atoms with Crippen LogP contribution in [0.4, 0.5) is 0 Å². The first-order valence-electron chi connectivity index (χ1n) is 11.5. The summed E-state index contributed by atoms with van der Waals surface area (Å²) in [5, 5.41) is 2.75. The van der Waals surface area contributed by atoms with Crippen LogP contribution in [-0.4, -0.2) is 48.4 Å². The van der Waals surface area contributed by atoms with Crippen molar-refractivity contribution in [1.82, 2.24) is 10.2 Å². The number of rotatable bonds is 13. The Balaban J connectivity index is 2.22. The quantitative estimate of drug-likeness (QED) is 0.364. The van der Waals surface area contributed by atoms with Crippen LogP contribution in [0.3, 0.4) is 0 Å². The third-order valence-electron chi connectivity index (χ3n) is 5.35. The molecule has 168 valence electrons. The van der Waals surface area contributed by atoms with Gasteiger partial charge in [-0.25, -0.2) is 0 Å². The molecular weight excluding hydrogens is 368 g/mol. The van der Waals surface area contributed by atoms with Crippen LogP contribution in [0.2, 0.25) is 0 Å². The first-order valence-corrected chi connectivity index (χ1v) is 11.5. The molecule has 1 N–H and O–H groups in total. The van der Waals surface area contributed by atoms with Crippen LogP contribution in [-0.2, 0) is 19.1 Å². The second kappa shape index (κ2) is 13.6. The molecule has 0 aromatic rings. The zero-order valence-corrected chi connectivity index (χ0v) is 19.1. The van der Waals surface area contributed by atoms with Crippen LogP contribution < -0.4 is 5.32 Å². The summed E-state index contributed by atoms with van der Waals surface area (Å²) >= 11 is 0. The van der Waals surface area contributed by atoms with Crippen LogP contribution in [0.5, 0.6) is 0 Å². The highest BCUT2D eigenvalue weighted by Gasteiger charge is 2.39. The predicted molar refractivity (Wildman–Crippen MR) is 115 cm³/mol. The lowest BCUT2D eigenvalue weighted by Gasteiger charge is -2.38. The molecule has 0 aromatic carbocycles. The fourth-order valence-electron chi connectivity index (χ4n) is 3.58. The van der Waals surface area contributed by atoms with Gasteiger partial charge < -0.3 is 15.0 Å². The molecule has 1 saturated heterocycles. The third-order valence-corrected chi connectivity index (χ3v) is 5.35. The van der Waals surface area contributed by atoms with Crippen molar-refractivity contribution in [2.45, 2.75) is 104 Å². The van der Waals surface area contributed by atoms with Gasteiger partial charge in [0.05, 0.1) is 13.0 Å². The Hall–Kier alpha value is -1.59. The maximum Gasteiger partial charge on any atom is 0.308 e. The molecule has 6 heteroatoms. The highest BCUT2D eigenvalue weighted by molar-refractivity contribution is 5.93. The van der Waals surface area contributed by atoms with Crippen molar-refractivity contribution in [3.63, 3.8) is 0 Å². The maximum absolute atomic E-state index is 12.6. The molecule has 1 aliphatic heterocycles. The summed E-state index contributed by atoms with van der Waals surface area (Å²) in [6, 6.07) is -0.768. The molecule has 0 saturated carbocycles. The average Bonchev–Trinajstić information content (AvgIpc) is 2.66. The van der Waals surface area contributed by atoms with Gasteiger partial charge >= 0.3 is 5.97 Å². The largest absolute Gasteiger partial charge is 0.466 e. The molecule has 6 nitrogen and oxygen atoms in total. The Morgan fingerprint density at radius 3 is 2.10 bits per heavy atom. The van der Waals surface area contributed by atoms with E-state index in [9.17, 15) is 14.4 Å². The van der Waals surface area contributed by atoms with Crippen LogP contribution in [0.15, 0.2) is 0 Å². The Bertz CT molecular complexity index is 513. The summed E-state index contributed by atoms with van der Waals surface area (Å²) in [5.74, 6) is -0.792. The Kier molecular flexibility index (Phi) is 11.9. The number of ether oxygens (including phenoxy) is 1. The van der Waals surface area contributed by atoms with E-state index in [0.29, 0.717) is 19.7 Å². The van der Waals surface area contributed by atoms with Crippen LogP contribution in [0, 0.1) is 5.41 Å². The molecule has 0 aromatic heterocycles. The smallest absolute Gasteiger partial charge is 0.308 e. The van der Waals surface area contributed by atoms with Gasteiger partial charge in [0.2, 0.25) is 11.8 Å². The summed E-state index contributed by atoms with van der Waals surface area (Å²) in [6.07, 6.45) is 12.2. The van der Waals surface area contributed by atoms with E-state index in [2.05, 4.69) is 12.2 Å². The van der Waals surface area contributed by atoms with Crippen molar-refractivity contribution in [2.24, 2.45) is 5.41 Å². The van der Waals surface area contributed by atoms with Gasteiger partial charge in [0.1, 0.15) is 6.04 Å². The fourth-order valence-corrected chi connectivity index (χ4v) is 3.58. The van der Waals surface area contributed by atoms with Gasteiger partial charge in [0.15, 0.2) is 0 Å². The van der Waals surface area contributed by atoms with Crippen LogP contribution >= 0.6 is 0 Å². The monoisotopic (exact) mass is 410 g/mol. The number of carbonyl (C=O) groups excluding carboxylic acids is 3. The fraction of sp³-hybridized carbons (Fsp3) is 0.870. The summed E-state index contributed by atoms with van der Waals surface area (Å²) in [5.41, 5.74) is -0.588. The number of unbranched alkanes of at least 4 members (excludes halogenated alkanes) is 9. The second-order valence-corrected chi connectivity index (χ2v) is 9.16. The van der Waals surface area contributed by atoms with E-state index in [1.54, 1.807) is 0 Å². The van der Waals surface area contributed by atoms with Gasteiger partial charge in [-0.3, -0.25) is 14.4 Å². The zero-order valence-electron chi connectivity index (χ0n) is 19.1. The van der Waals surface area contributed by atoms with E-state index in [1.807, 2.05) is 20.8 Å². The van der Waals surface area contributed by atoms with Crippen molar-refractivity contribution >= 4 is 17.8 Å². The van der Waals surface area contributed by atoms with Crippen molar-refractivity contribution in [3.05, 3.63) is 0 Å². The Morgan fingerprint density at radius 1 is 1.00 bits per heavy atom. The summed E-state index contributed by atoms with van der Waals surface area (Å²) < 4.78 is 5.32. The van der Waals surface area contributed by atoms with E-state index in [0.717, 1.165) is 12.8 Å². The minimum Gasteiger partial charge on any atom is -0.466 e. The molecule has 1 fully saturated rings. The van der Waals surface area contributed by atoms with Gasteiger partial charge in [-0.1, -0.05) is 85.5 Å². The van der Waals surface area contributed by atoms with Crippen LogP contribution in [0.25, 0.3) is 0 Å². The number of esters is 1. The Labute approximate surface area is 177 Å². The lowest BCUT2D eigenvalue weighted by molar-refractivity contribution is -0.155. The van der Waals surface area contributed by atoms with Gasteiger partial charge in [-0.05, 0) is 6.42 Å². The van der Waals surface area contributed by atoms with Gasteiger partial charge in [-0.2, -0.15) is 0 Å². The van der Waals surface area contributed by atoms with Crippen molar-refractivity contribution < 1.29 is 19.1 Å². The number of piperazine rings is 1. The normalized spacial score (nSPS) is 17.2. The lowest BCUT2D eigenvalue weighted by atomic mass is 9.93. The van der Waals surface area contributed by atoms with E-state index < -0.39 is 17.4 Å². The molecular formula is C23H42N2O4. The highest BCUT2D eigenvalue weighted by Crippen LogP contribution is 2.22. The summed E-state index contributed by atoms with van der Waals surface area (Å²) in [7, 11) is 0. The third kappa shape index (κ3) is 10.1. The number of nitrogens with one attached hydrogen (secondary N) is 1. The molecule has 1 aliphatic rings. The number of amides is 2. The molecule has 0 spiro atoms. The van der Waals surface area contributed by atoms with E-state index in [1.165, 1.54) is 56.3 Å². The second-order valence-electron chi connectivity index (χ2n) is 9.16. The van der Waals surface area contributed by atoms with Crippen molar-refractivity contribution in [1.29, 1.82) is 0 Å². The Morgan fingerprint density at radius 2 is 1.55 bits per heavy atom. The summed E-state index contributed by atoms with van der Waals surface area (Å²) in [4.78, 5) is 38.6. The molecule has 1 unspecified atom stereocenters. The molecule has 0 aliphatic carbocycles. The van der Waals surface area contributed by atoms with Gasteiger partial charge in [0.25, 0.3) is 0 Å². The molecule has 2 amide bonds. The minimum absolute atomic E-state index is 0.0780. The predicted octanol–water partition coefficient (Wildman–Crippen LogP) is 4.21. The SMILES string of the molecule is CCCCCCCCCCCCOC(=O)CC1C(=O)NCCN1C(=O)C(C)(C)C. The van der Waals surface area contributed by atoms with Gasteiger partial charge in [0, 0.05) is 18.5 Å². The molecule has 1 heterocycles. The van der Waals surface area contributed by atoms with E-state index in [4.69, 9.17) is 4.74 Å². The number of nitrogens with zero attached hydrogens (tertiary/aromatic N) is 1. The van der Waals surface area contributed by atoms with Crippen LogP contribution in [0.1, 0.15) is 98.3 Å². The van der Waals surface area contributed by atoms with Gasteiger partial charge in [-0.15, -0.1) is 0 Å². The average molecular weight is 411 g/mol. The first-order chi connectivity index (χ1) is 13.8. The molecule has 0 radical (unpaired) electrons. The standard InChI is InChI=1S/C23H42N2O4/c1-5-6-7-8-9-10-11-12-13-14-17-29-20(26)18-19-21(27)24-15-16-25(19)22(28)23(2,3)4/h19H,5-18H2,1-4H3,(H,24,27). The highest BCUT2D eigenvalue weighted by atomic mass is 16.5. The van der Waals surface area contributed by atoms with E-state index in [-0.39, 0.29) is 18.2 Å². The lowest BCUT2D eigenvalue weighted by Crippen LogP contribution is -2.59. The number of hydrogen-bond donors (Lipinski definition) is 1. The number of hydrogen-bond acceptors (Lipinski definition) is 4. The topological polar surface area (TPSA) is 75.7 Å². The molecule has 1 atom stereocenters. The maximum atomic E-state index is 12.6. The first kappa shape index (κ1) is 25.4.